The molecule has 1 heterocycles. The van der Waals surface area contributed by atoms with Gasteiger partial charge in [-0.3, -0.25) is 0 Å². The number of amides is 2. The van der Waals surface area contributed by atoms with E-state index >= 15 is 0 Å². The zero-order chi connectivity index (χ0) is 10.1. The highest BCUT2D eigenvalue weighted by Crippen LogP contribution is 2.17. The lowest BCUT2D eigenvalue weighted by molar-refractivity contribution is -0.907. The molecule has 1 atom stereocenters. The minimum atomic E-state index is -1.39. The fourth-order valence-electron chi connectivity index (χ4n) is 1.21. The highest BCUT2D eigenvalue weighted by atomic mass is 16.4. The summed E-state index contributed by atoms with van der Waals surface area (Å²) in [6.45, 7) is -0.331. The number of β-lactam (4-membered cyclic amide) rings is 1. The summed E-state index contributed by atoms with van der Waals surface area (Å²) in [6, 6.07) is 0. The molecule has 0 aliphatic carbocycles. The monoisotopic (exact) mass is 189 g/mol. The molecule has 1 rings (SSSR count). The summed E-state index contributed by atoms with van der Waals surface area (Å²) in [4.78, 5) is 31.6. The Morgan fingerprint density at radius 2 is 2.08 bits per heavy atom. The molecule has 72 valence electrons. The summed E-state index contributed by atoms with van der Waals surface area (Å²) in [6.07, 6.45) is -1.18. The van der Waals surface area contributed by atoms with Gasteiger partial charge < -0.3 is 10.2 Å². The van der Waals surface area contributed by atoms with Crippen molar-refractivity contribution in [1.82, 2.24) is 5.43 Å². The lowest BCUT2D eigenvalue weighted by Gasteiger charge is -2.38. The van der Waals surface area contributed by atoms with Crippen LogP contribution in [0.4, 0.5) is 4.79 Å². The third kappa shape index (κ3) is 1.75. The lowest BCUT2D eigenvalue weighted by Crippen LogP contribution is -2.72. The number of carboxylic acid groups (broad SMARTS) is 2. The van der Waals surface area contributed by atoms with E-state index < -0.39 is 29.1 Å². The number of carbonyl (C=O) groups is 3. The smallest absolute Gasteiger partial charge is 0.449 e. The van der Waals surface area contributed by atoms with Crippen molar-refractivity contribution in [1.29, 1.82) is 0 Å². The summed E-state index contributed by atoms with van der Waals surface area (Å²) in [5, 5.41) is 16.8. The van der Waals surface area contributed by atoms with E-state index in [0.29, 0.717) is 0 Å². The Hall–Kier alpha value is -1.63. The molecule has 7 heteroatoms. The Balaban J connectivity index is 2.70. The van der Waals surface area contributed by atoms with Crippen molar-refractivity contribution in [3.05, 3.63) is 0 Å². The normalized spacial score (nSPS) is 26.3. The number of nitrogens with zero attached hydrogens (tertiary/aromatic N) is 1. The van der Waals surface area contributed by atoms with Gasteiger partial charge in [0, 0.05) is 0 Å². The van der Waals surface area contributed by atoms with Gasteiger partial charge in [-0.1, -0.05) is 0 Å². The Labute approximate surface area is 73.1 Å². The highest BCUT2D eigenvalue weighted by molar-refractivity contribution is 5.79. The number of nitrogens with one attached hydrogen (secondary N) is 1. The van der Waals surface area contributed by atoms with E-state index in [9.17, 15) is 14.4 Å². The van der Waals surface area contributed by atoms with Gasteiger partial charge in [0.05, 0.1) is 0 Å². The Morgan fingerprint density at radius 3 is 2.31 bits per heavy atom. The van der Waals surface area contributed by atoms with Crippen LogP contribution < -0.4 is 5.43 Å². The predicted molar refractivity (Wildman–Crippen MR) is 38.4 cm³/mol. The second kappa shape index (κ2) is 3.02. The Bertz CT molecular complexity index is 258. The van der Waals surface area contributed by atoms with Crippen LogP contribution in [0, 0.1) is 0 Å². The topological polar surface area (TPSA) is 104 Å². The predicted octanol–water partition coefficient (Wildman–Crippen LogP) is -0.999. The maximum atomic E-state index is 11.0. The molecule has 7 nitrogen and oxygen atoms in total. The molecule has 0 aromatic heterocycles. The van der Waals surface area contributed by atoms with Gasteiger partial charge in [0.2, 0.25) is 6.54 Å². The molecule has 0 saturated carbocycles. The number of quaternary nitrogens is 1. The van der Waals surface area contributed by atoms with E-state index in [-0.39, 0.29) is 13.0 Å². The van der Waals surface area contributed by atoms with E-state index in [0.717, 1.165) is 0 Å². The van der Waals surface area contributed by atoms with Crippen molar-refractivity contribution in [2.24, 2.45) is 0 Å². The maximum Gasteiger partial charge on any atom is 0.449 e. The fraction of sp³-hybridized carbons (Fsp3) is 0.500. The van der Waals surface area contributed by atoms with Crippen LogP contribution in [0.2, 0.25) is 0 Å². The maximum absolute atomic E-state index is 11.0. The minimum absolute atomic E-state index is 0.206. The van der Waals surface area contributed by atoms with E-state index in [4.69, 9.17) is 10.2 Å². The third-order valence-electron chi connectivity index (χ3n) is 1.90. The first-order chi connectivity index (χ1) is 5.96. The summed E-state index contributed by atoms with van der Waals surface area (Å²) >= 11 is 0. The van der Waals surface area contributed by atoms with Crippen molar-refractivity contribution in [2.45, 2.75) is 6.42 Å². The molecular weight excluding hydrogens is 180 g/mol. The van der Waals surface area contributed by atoms with Crippen LogP contribution in [0.1, 0.15) is 6.42 Å². The van der Waals surface area contributed by atoms with Gasteiger partial charge in [-0.15, -0.1) is 4.59 Å². The zero-order valence-electron chi connectivity index (χ0n) is 6.69. The fourth-order valence-corrected chi connectivity index (χ4v) is 1.21. The SMILES string of the molecule is O=C(O)C[N+]1(NC(=O)O)CCC1=O. The van der Waals surface area contributed by atoms with E-state index in [1.807, 2.05) is 5.43 Å². The first-order valence-electron chi connectivity index (χ1n) is 3.60. The van der Waals surface area contributed by atoms with E-state index in [1.54, 1.807) is 0 Å². The molecule has 0 radical (unpaired) electrons. The average Bonchev–Trinajstić information content (AvgIpc) is 1.99. The van der Waals surface area contributed by atoms with Gasteiger partial charge in [-0.05, 0) is 0 Å². The van der Waals surface area contributed by atoms with Gasteiger partial charge >= 0.3 is 18.0 Å². The molecular formula is C6H9N2O5+. The Morgan fingerprint density at radius 1 is 1.46 bits per heavy atom. The van der Waals surface area contributed by atoms with Crippen molar-refractivity contribution < 1.29 is 29.2 Å². The van der Waals surface area contributed by atoms with Crippen molar-refractivity contribution in [2.75, 3.05) is 13.1 Å². The molecule has 1 fully saturated rings. The molecule has 1 unspecified atom stereocenters. The molecule has 0 aromatic carbocycles. The number of hydrogen-bond acceptors (Lipinski definition) is 3. The second-order valence-corrected chi connectivity index (χ2v) is 2.80. The second-order valence-electron chi connectivity index (χ2n) is 2.80. The molecule has 2 amide bonds. The van der Waals surface area contributed by atoms with Crippen LogP contribution >= 0.6 is 0 Å². The zero-order valence-corrected chi connectivity index (χ0v) is 6.69. The quantitative estimate of drug-likeness (QED) is 0.390. The first kappa shape index (κ1) is 9.46. The van der Waals surface area contributed by atoms with Gasteiger partial charge in [0.15, 0.2) is 0 Å². The summed E-state index contributed by atoms with van der Waals surface area (Å²) in [5.41, 5.74) is 1.90. The van der Waals surface area contributed by atoms with Crippen LogP contribution in [0.15, 0.2) is 0 Å². The van der Waals surface area contributed by atoms with Crippen molar-refractivity contribution in [3.8, 4) is 0 Å². The largest absolute Gasteiger partial charge is 0.477 e. The molecule has 1 aliphatic rings. The van der Waals surface area contributed by atoms with Crippen LogP contribution in [0.5, 0.6) is 0 Å². The number of likely N-dealkylation sites (tertiary alicyclic amines) is 1. The number of carbonyl (C=O) groups excluding carboxylic acids is 1. The molecule has 3 N–H and O–H groups in total. The minimum Gasteiger partial charge on any atom is -0.477 e. The number of rotatable bonds is 3. The van der Waals surface area contributed by atoms with Gasteiger partial charge in [0.1, 0.15) is 13.0 Å². The number of carboxylic acids is 1. The molecule has 0 spiro atoms. The van der Waals surface area contributed by atoms with Crippen LogP contribution in [0.3, 0.4) is 0 Å². The van der Waals surface area contributed by atoms with Crippen LogP contribution in [-0.2, 0) is 9.59 Å². The first-order valence-corrected chi connectivity index (χ1v) is 3.60. The summed E-state index contributed by atoms with van der Waals surface area (Å²) < 4.78 is -0.690. The summed E-state index contributed by atoms with van der Waals surface area (Å²) in [7, 11) is 0. The highest BCUT2D eigenvalue weighted by Gasteiger charge is 2.50. The summed E-state index contributed by atoms with van der Waals surface area (Å²) in [5.74, 6) is -1.62. The van der Waals surface area contributed by atoms with E-state index in [1.165, 1.54) is 0 Å². The van der Waals surface area contributed by atoms with Crippen LogP contribution in [-0.4, -0.2) is 45.9 Å². The van der Waals surface area contributed by atoms with Gasteiger partial charge in [0.25, 0.3) is 0 Å². The molecule has 0 aromatic rings. The lowest BCUT2D eigenvalue weighted by atomic mass is 10.2. The van der Waals surface area contributed by atoms with Crippen molar-refractivity contribution in [3.63, 3.8) is 0 Å². The average molecular weight is 189 g/mol. The number of hydrogen-bond donors (Lipinski definition) is 3. The standard InChI is InChI=1S/C6H8N2O5/c9-4-1-2-8(4,3-5(10)11)7-6(12)13/h7H,1-3H2,(H-,10,11,12,13)/p+1. The number of aliphatic carboxylic acids is 1. The van der Waals surface area contributed by atoms with Gasteiger partial charge in [-0.25, -0.2) is 14.4 Å². The molecule has 1 saturated heterocycles. The Kier molecular flexibility index (Phi) is 2.20. The molecule has 0 bridgehead atoms. The van der Waals surface area contributed by atoms with Gasteiger partial charge in [-0.2, -0.15) is 5.43 Å². The molecule has 13 heavy (non-hydrogen) atoms. The van der Waals surface area contributed by atoms with Crippen molar-refractivity contribution >= 4 is 18.0 Å². The van der Waals surface area contributed by atoms with Crippen LogP contribution in [0.25, 0.3) is 0 Å². The van der Waals surface area contributed by atoms with E-state index in [2.05, 4.69) is 0 Å². The molecule has 1 aliphatic heterocycles. The third-order valence-corrected chi connectivity index (χ3v) is 1.90.